The van der Waals surface area contributed by atoms with Crippen LogP contribution in [0.3, 0.4) is 0 Å². The summed E-state index contributed by atoms with van der Waals surface area (Å²) in [6.45, 7) is 0. The molecule has 108 valence electrons. The first-order chi connectivity index (χ1) is 9.56. The third-order valence-electron chi connectivity index (χ3n) is 3.12. The van der Waals surface area contributed by atoms with Gasteiger partial charge in [0.1, 0.15) is 0 Å². The number of nitrogens with one attached hydrogen (secondary N) is 1. The third kappa shape index (κ3) is 2.78. The number of hydrogen-bond acceptors (Lipinski definition) is 4. The van der Waals surface area contributed by atoms with Crippen LogP contribution in [0.1, 0.15) is 17.3 Å². The third-order valence-corrected chi connectivity index (χ3v) is 3.12. The van der Waals surface area contributed by atoms with Crippen LogP contribution in [0.25, 0.3) is 0 Å². The predicted octanol–water partition coefficient (Wildman–Crippen LogP) is 1.45. The highest BCUT2D eigenvalue weighted by Gasteiger charge is 2.20. The molecular formula is C13H16F2N4O. The summed E-state index contributed by atoms with van der Waals surface area (Å²) >= 11 is 0. The van der Waals surface area contributed by atoms with Gasteiger partial charge in [-0.3, -0.25) is 16.0 Å². The van der Waals surface area contributed by atoms with Gasteiger partial charge in [0.2, 0.25) is 0 Å². The Bertz CT molecular complexity index is 600. The van der Waals surface area contributed by atoms with Gasteiger partial charge in [0.05, 0.1) is 25.0 Å². The van der Waals surface area contributed by atoms with Crippen molar-refractivity contribution in [3.8, 4) is 5.75 Å². The number of benzene rings is 1. The number of aromatic nitrogens is 2. The predicted molar refractivity (Wildman–Crippen MR) is 69.9 cm³/mol. The topological polar surface area (TPSA) is 65.1 Å². The number of hydrazine groups is 1. The highest BCUT2D eigenvalue weighted by atomic mass is 19.2. The lowest BCUT2D eigenvalue weighted by Crippen LogP contribution is -2.31. The number of aryl methyl sites for hydroxylation is 1. The molecule has 0 amide bonds. The van der Waals surface area contributed by atoms with Crippen molar-refractivity contribution < 1.29 is 13.5 Å². The Balaban J connectivity index is 2.28. The van der Waals surface area contributed by atoms with E-state index in [1.54, 1.807) is 17.9 Å². The first kappa shape index (κ1) is 14.4. The van der Waals surface area contributed by atoms with E-state index in [-0.39, 0.29) is 6.04 Å². The van der Waals surface area contributed by atoms with Crippen molar-refractivity contribution in [3.05, 3.63) is 47.3 Å². The van der Waals surface area contributed by atoms with Crippen LogP contribution in [-0.4, -0.2) is 16.9 Å². The maximum atomic E-state index is 13.2. The fourth-order valence-corrected chi connectivity index (χ4v) is 2.12. The average Bonchev–Trinajstić information content (AvgIpc) is 2.81. The summed E-state index contributed by atoms with van der Waals surface area (Å²) in [7, 11) is 3.29. The number of methoxy groups -OCH3 is 1. The van der Waals surface area contributed by atoms with Gasteiger partial charge >= 0.3 is 0 Å². The summed E-state index contributed by atoms with van der Waals surface area (Å²) in [5.74, 6) is 4.39. The molecule has 0 spiro atoms. The monoisotopic (exact) mass is 282 g/mol. The Kier molecular flexibility index (Phi) is 4.31. The molecule has 1 heterocycles. The number of nitrogens with two attached hydrogens (primary N) is 1. The summed E-state index contributed by atoms with van der Waals surface area (Å²) in [4.78, 5) is 0. The molecule has 0 saturated carbocycles. The molecule has 7 heteroatoms. The molecule has 0 bridgehead atoms. The molecular weight excluding hydrogens is 266 g/mol. The van der Waals surface area contributed by atoms with Gasteiger partial charge in [-0.15, -0.1) is 0 Å². The minimum atomic E-state index is -0.879. The maximum absolute atomic E-state index is 13.2. The minimum Gasteiger partial charge on any atom is -0.493 e. The number of nitrogens with zero attached hydrogens (tertiary/aromatic N) is 2. The zero-order chi connectivity index (χ0) is 14.7. The highest BCUT2D eigenvalue weighted by molar-refractivity contribution is 5.30. The molecule has 20 heavy (non-hydrogen) atoms. The second kappa shape index (κ2) is 5.98. The molecule has 2 rings (SSSR count). The van der Waals surface area contributed by atoms with Crippen LogP contribution >= 0.6 is 0 Å². The van der Waals surface area contributed by atoms with E-state index >= 15 is 0 Å². The van der Waals surface area contributed by atoms with E-state index in [2.05, 4.69) is 10.5 Å². The first-order valence-electron chi connectivity index (χ1n) is 6.02. The molecule has 1 unspecified atom stereocenters. The van der Waals surface area contributed by atoms with Crippen LogP contribution < -0.4 is 16.0 Å². The smallest absolute Gasteiger partial charge is 0.161 e. The zero-order valence-corrected chi connectivity index (χ0v) is 11.2. The van der Waals surface area contributed by atoms with Crippen molar-refractivity contribution in [1.82, 2.24) is 15.2 Å². The van der Waals surface area contributed by atoms with Gasteiger partial charge in [-0.05, 0) is 24.1 Å². The lowest BCUT2D eigenvalue weighted by atomic mass is 10.0. The number of hydrogen-bond donors (Lipinski definition) is 2. The summed E-state index contributed by atoms with van der Waals surface area (Å²) in [6.07, 6.45) is 1.95. The van der Waals surface area contributed by atoms with Crippen LogP contribution in [-0.2, 0) is 13.5 Å². The van der Waals surface area contributed by atoms with Gasteiger partial charge in [0, 0.05) is 7.05 Å². The number of rotatable bonds is 5. The summed E-state index contributed by atoms with van der Waals surface area (Å²) in [6, 6.07) is 3.44. The van der Waals surface area contributed by atoms with E-state index in [4.69, 9.17) is 10.6 Å². The Hall–Kier alpha value is -1.99. The van der Waals surface area contributed by atoms with Crippen molar-refractivity contribution in [2.24, 2.45) is 12.9 Å². The summed E-state index contributed by atoms with van der Waals surface area (Å²) in [5, 5.41) is 4.09. The fraction of sp³-hybridized carbons (Fsp3) is 0.308. The number of ether oxygens (including phenoxy) is 1. The molecule has 0 aliphatic carbocycles. The van der Waals surface area contributed by atoms with Crippen LogP contribution in [0.4, 0.5) is 8.78 Å². The van der Waals surface area contributed by atoms with Gasteiger partial charge in [-0.1, -0.05) is 6.07 Å². The quantitative estimate of drug-likeness (QED) is 0.643. The van der Waals surface area contributed by atoms with Crippen LogP contribution in [0.15, 0.2) is 24.4 Å². The molecule has 0 aliphatic rings. The van der Waals surface area contributed by atoms with E-state index in [0.717, 1.165) is 17.8 Å². The summed E-state index contributed by atoms with van der Waals surface area (Å²) < 4.78 is 33.0. The Labute approximate surface area is 115 Å². The van der Waals surface area contributed by atoms with Crippen molar-refractivity contribution in [2.75, 3.05) is 7.11 Å². The van der Waals surface area contributed by atoms with E-state index in [1.165, 1.54) is 13.2 Å². The Morgan fingerprint density at radius 1 is 1.40 bits per heavy atom. The molecule has 0 fully saturated rings. The molecule has 1 aromatic heterocycles. The standard InChI is InChI=1S/C13H16F2N4O/c1-19-13(12(20-2)7-17-19)11(18-16)6-8-3-4-9(14)10(15)5-8/h3-5,7,11,18H,6,16H2,1-2H3. The normalized spacial score (nSPS) is 12.4. The molecule has 1 aromatic carbocycles. The molecule has 0 saturated heterocycles. The molecule has 2 aromatic rings. The highest BCUT2D eigenvalue weighted by Crippen LogP contribution is 2.26. The lowest BCUT2D eigenvalue weighted by Gasteiger charge is -2.18. The van der Waals surface area contributed by atoms with E-state index in [9.17, 15) is 8.78 Å². The van der Waals surface area contributed by atoms with Crippen LogP contribution in [0.2, 0.25) is 0 Å². The Morgan fingerprint density at radius 2 is 2.15 bits per heavy atom. The van der Waals surface area contributed by atoms with Crippen molar-refractivity contribution in [1.29, 1.82) is 0 Å². The van der Waals surface area contributed by atoms with Crippen molar-refractivity contribution in [3.63, 3.8) is 0 Å². The van der Waals surface area contributed by atoms with Gasteiger partial charge in [-0.25, -0.2) is 8.78 Å². The number of halogens is 2. The first-order valence-corrected chi connectivity index (χ1v) is 6.02. The molecule has 5 nitrogen and oxygen atoms in total. The average molecular weight is 282 g/mol. The molecule has 1 atom stereocenters. The Morgan fingerprint density at radius 3 is 2.75 bits per heavy atom. The SMILES string of the molecule is COc1cnn(C)c1C(Cc1ccc(F)c(F)c1)NN. The molecule has 3 N–H and O–H groups in total. The van der Waals surface area contributed by atoms with Gasteiger partial charge in [0.25, 0.3) is 0 Å². The fourth-order valence-electron chi connectivity index (χ4n) is 2.12. The maximum Gasteiger partial charge on any atom is 0.161 e. The summed E-state index contributed by atoms with van der Waals surface area (Å²) in [5.41, 5.74) is 4.00. The largest absolute Gasteiger partial charge is 0.493 e. The second-order valence-electron chi connectivity index (χ2n) is 4.39. The van der Waals surface area contributed by atoms with E-state index in [1.807, 2.05) is 0 Å². The van der Waals surface area contributed by atoms with E-state index in [0.29, 0.717) is 17.7 Å². The van der Waals surface area contributed by atoms with Gasteiger partial charge in [0.15, 0.2) is 17.4 Å². The zero-order valence-electron chi connectivity index (χ0n) is 11.2. The van der Waals surface area contributed by atoms with Gasteiger partial charge < -0.3 is 4.74 Å². The van der Waals surface area contributed by atoms with Crippen molar-refractivity contribution >= 4 is 0 Å². The second-order valence-corrected chi connectivity index (χ2v) is 4.39. The van der Waals surface area contributed by atoms with Gasteiger partial charge in [-0.2, -0.15) is 5.10 Å². The van der Waals surface area contributed by atoms with Crippen LogP contribution in [0, 0.1) is 11.6 Å². The minimum absolute atomic E-state index is 0.331. The van der Waals surface area contributed by atoms with E-state index < -0.39 is 11.6 Å². The molecule has 0 radical (unpaired) electrons. The van der Waals surface area contributed by atoms with Crippen LogP contribution in [0.5, 0.6) is 5.75 Å². The molecule has 0 aliphatic heterocycles. The lowest BCUT2D eigenvalue weighted by molar-refractivity contribution is 0.393. The van der Waals surface area contributed by atoms with Crippen molar-refractivity contribution in [2.45, 2.75) is 12.5 Å².